The van der Waals surface area contributed by atoms with Crippen LogP contribution in [0.3, 0.4) is 0 Å². The summed E-state index contributed by atoms with van der Waals surface area (Å²) in [5.74, 6) is -1.29. The van der Waals surface area contributed by atoms with E-state index in [0.29, 0.717) is 0 Å². The molecule has 0 aliphatic carbocycles. The number of hydrogen-bond acceptors (Lipinski definition) is 4. The van der Waals surface area contributed by atoms with Crippen LogP contribution in [-0.2, 0) is 4.79 Å². The maximum Gasteiger partial charge on any atom is 0.392 e. The molecule has 29 heavy (non-hydrogen) atoms. The molecule has 6 nitrogen and oxygen atoms in total. The van der Waals surface area contributed by atoms with Crippen molar-refractivity contribution in [3.8, 4) is 0 Å². The molecule has 6 heteroatoms. The molecule has 0 amide bonds. The summed E-state index contributed by atoms with van der Waals surface area (Å²) in [5.41, 5.74) is 9.40. The predicted molar refractivity (Wildman–Crippen MR) is 115 cm³/mol. The molecule has 1 atom stereocenters. The fraction of sp³-hybridized carbons (Fsp3) is 0.174. The summed E-state index contributed by atoms with van der Waals surface area (Å²) < 4.78 is 1.56. The molecule has 0 saturated carbocycles. The van der Waals surface area contributed by atoms with E-state index in [1.807, 2.05) is 73.8 Å². The summed E-state index contributed by atoms with van der Waals surface area (Å²) >= 11 is 0. The smallest absolute Gasteiger partial charge is 0.392 e. The average Bonchev–Trinajstić information content (AvgIpc) is 2.75. The molecule has 0 unspecified atom stereocenters. The van der Waals surface area contributed by atoms with Crippen molar-refractivity contribution in [1.29, 1.82) is 0 Å². The molecule has 0 bridgehead atoms. The number of carbonyl (C=O) groups excluding carboxylic acids is 1. The SMILES string of the molecule is CNc1ccc(C=Cc2cc[n+](C(=O)CC[C@H](N)C(=O)O)c3ccccc23)cc1. The number of benzene rings is 2. The predicted octanol–water partition coefficient (Wildman–Crippen LogP) is 3.17. The molecule has 0 aliphatic rings. The Hall–Kier alpha value is -3.51. The lowest BCUT2D eigenvalue weighted by Gasteiger charge is -2.05. The lowest BCUT2D eigenvalue weighted by Crippen LogP contribution is -2.44. The zero-order valence-electron chi connectivity index (χ0n) is 16.2. The van der Waals surface area contributed by atoms with Gasteiger partial charge in [-0.05, 0) is 35.7 Å². The fourth-order valence-electron chi connectivity index (χ4n) is 3.09. The van der Waals surface area contributed by atoms with Gasteiger partial charge in [-0.25, -0.2) is 4.79 Å². The van der Waals surface area contributed by atoms with Gasteiger partial charge in [-0.3, -0.25) is 4.79 Å². The Morgan fingerprint density at radius 2 is 1.83 bits per heavy atom. The maximum absolute atomic E-state index is 12.6. The van der Waals surface area contributed by atoms with Crippen molar-refractivity contribution in [3.05, 3.63) is 71.9 Å². The summed E-state index contributed by atoms with van der Waals surface area (Å²) in [6.45, 7) is 0. The van der Waals surface area contributed by atoms with E-state index in [1.54, 1.807) is 10.8 Å². The number of carbonyl (C=O) groups is 2. The molecule has 0 aliphatic heterocycles. The van der Waals surface area contributed by atoms with Crippen molar-refractivity contribution in [2.45, 2.75) is 18.9 Å². The number of para-hydroxylation sites is 1. The first-order valence-corrected chi connectivity index (χ1v) is 9.40. The molecular formula is C23H24N3O3+. The topological polar surface area (TPSA) is 96.3 Å². The van der Waals surface area contributed by atoms with Gasteiger partial charge in [-0.2, -0.15) is 0 Å². The average molecular weight is 390 g/mol. The van der Waals surface area contributed by atoms with E-state index in [1.165, 1.54) is 0 Å². The minimum atomic E-state index is -1.10. The summed E-state index contributed by atoms with van der Waals surface area (Å²) in [5, 5.41) is 12.9. The number of carboxylic acid groups (broad SMARTS) is 1. The summed E-state index contributed by atoms with van der Waals surface area (Å²) in [6.07, 6.45) is 5.93. The fourth-order valence-corrected chi connectivity index (χ4v) is 3.09. The van der Waals surface area contributed by atoms with Crippen LogP contribution in [0, 0.1) is 0 Å². The summed E-state index contributed by atoms with van der Waals surface area (Å²) in [7, 11) is 1.88. The van der Waals surface area contributed by atoms with Gasteiger partial charge in [0.2, 0.25) is 5.52 Å². The van der Waals surface area contributed by atoms with Crippen LogP contribution in [0.15, 0.2) is 60.8 Å². The molecule has 2 aromatic carbocycles. The van der Waals surface area contributed by atoms with Gasteiger partial charge in [0.25, 0.3) is 0 Å². The maximum atomic E-state index is 12.6. The Morgan fingerprint density at radius 3 is 2.52 bits per heavy atom. The van der Waals surface area contributed by atoms with Crippen LogP contribution in [-0.4, -0.2) is 30.1 Å². The summed E-state index contributed by atoms with van der Waals surface area (Å²) in [4.78, 5) is 23.5. The Kier molecular flexibility index (Phi) is 6.36. The largest absolute Gasteiger partial charge is 0.480 e. The number of fused-ring (bicyclic) bond motifs is 1. The molecule has 1 heterocycles. The van der Waals surface area contributed by atoms with E-state index in [2.05, 4.69) is 5.32 Å². The number of carboxylic acids is 1. The minimum absolute atomic E-state index is 0.0646. The second-order valence-electron chi connectivity index (χ2n) is 6.74. The zero-order chi connectivity index (χ0) is 20.8. The van der Waals surface area contributed by atoms with Crippen molar-refractivity contribution in [3.63, 3.8) is 0 Å². The van der Waals surface area contributed by atoms with Crippen molar-refractivity contribution in [2.75, 3.05) is 12.4 Å². The lowest BCUT2D eigenvalue weighted by molar-refractivity contribution is -0.546. The van der Waals surface area contributed by atoms with Crippen LogP contribution in [0.5, 0.6) is 0 Å². The van der Waals surface area contributed by atoms with E-state index >= 15 is 0 Å². The zero-order valence-corrected chi connectivity index (χ0v) is 16.2. The number of hydrogen-bond donors (Lipinski definition) is 3. The monoisotopic (exact) mass is 390 g/mol. The van der Waals surface area contributed by atoms with Crippen molar-refractivity contribution < 1.29 is 19.3 Å². The first kappa shape index (κ1) is 20.2. The van der Waals surface area contributed by atoms with E-state index in [-0.39, 0.29) is 18.7 Å². The van der Waals surface area contributed by atoms with Gasteiger partial charge in [0, 0.05) is 24.9 Å². The van der Waals surface area contributed by atoms with Gasteiger partial charge in [-0.15, -0.1) is 4.57 Å². The Balaban J connectivity index is 1.87. The number of aromatic nitrogens is 1. The van der Waals surface area contributed by atoms with Crippen molar-refractivity contribution in [2.24, 2.45) is 5.73 Å². The quantitative estimate of drug-likeness (QED) is 0.539. The van der Waals surface area contributed by atoms with Crippen LogP contribution in [0.25, 0.3) is 23.1 Å². The number of nitrogens with one attached hydrogen (secondary N) is 1. The number of rotatable bonds is 7. The van der Waals surface area contributed by atoms with E-state index in [0.717, 1.165) is 27.7 Å². The van der Waals surface area contributed by atoms with Gasteiger partial charge < -0.3 is 16.2 Å². The normalized spacial score (nSPS) is 12.2. The van der Waals surface area contributed by atoms with Crippen LogP contribution >= 0.6 is 0 Å². The minimum Gasteiger partial charge on any atom is -0.480 e. The Morgan fingerprint density at radius 1 is 1.10 bits per heavy atom. The molecule has 1 aromatic heterocycles. The number of pyridine rings is 1. The first-order valence-electron chi connectivity index (χ1n) is 9.40. The number of aliphatic carboxylic acids is 1. The van der Waals surface area contributed by atoms with E-state index in [9.17, 15) is 9.59 Å². The number of nitrogens with two attached hydrogens (primary N) is 1. The molecule has 3 rings (SSSR count). The van der Waals surface area contributed by atoms with Crippen LogP contribution in [0.1, 0.15) is 28.8 Å². The molecule has 0 saturated heterocycles. The Labute approximate surface area is 169 Å². The van der Waals surface area contributed by atoms with Crippen LogP contribution < -0.4 is 15.6 Å². The van der Waals surface area contributed by atoms with Gasteiger partial charge in [0.1, 0.15) is 6.04 Å². The number of nitrogens with zero attached hydrogens (tertiary/aromatic N) is 1. The highest BCUT2D eigenvalue weighted by atomic mass is 16.4. The summed E-state index contributed by atoms with van der Waals surface area (Å²) in [6, 6.07) is 16.6. The van der Waals surface area contributed by atoms with E-state index in [4.69, 9.17) is 10.8 Å². The highest BCUT2D eigenvalue weighted by Gasteiger charge is 2.22. The highest BCUT2D eigenvalue weighted by Crippen LogP contribution is 2.19. The second kappa shape index (κ2) is 9.12. The van der Waals surface area contributed by atoms with Crippen molar-refractivity contribution >= 4 is 40.6 Å². The second-order valence-corrected chi connectivity index (χ2v) is 6.74. The molecule has 3 aromatic rings. The van der Waals surface area contributed by atoms with Gasteiger partial charge in [-0.1, -0.05) is 36.4 Å². The van der Waals surface area contributed by atoms with Crippen LogP contribution in [0.4, 0.5) is 5.69 Å². The van der Waals surface area contributed by atoms with Crippen molar-refractivity contribution in [1.82, 2.24) is 0 Å². The molecule has 4 N–H and O–H groups in total. The highest BCUT2D eigenvalue weighted by molar-refractivity contribution is 5.90. The molecule has 148 valence electrons. The standard InChI is InChI=1S/C23H23N3O3/c1-25-18-10-7-16(8-11-18)6-9-17-14-15-26(21-5-3-2-4-19(17)21)22(27)13-12-20(24)23(28)29/h2-11,14-15,20H,12-13,24H2,1H3,(H,28,29)/p+1/t20-/m0/s1. The van der Waals surface area contributed by atoms with E-state index < -0.39 is 12.0 Å². The lowest BCUT2D eigenvalue weighted by atomic mass is 10.1. The van der Waals surface area contributed by atoms with Crippen LogP contribution in [0.2, 0.25) is 0 Å². The molecule has 0 fully saturated rings. The molecule has 0 spiro atoms. The number of anilines is 1. The van der Waals surface area contributed by atoms with Gasteiger partial charge in [0.15, 0.2) is 6.20 Å². The van der Waals surface area contributed by atoms with Gasteiger partial charge in [0.05, 0.1) is 11.8 Å². The third-order valence-corrected chi connectivity index (χ3v) is 4.79. The third-order valence-electron chi connectivity index (χ3n) is 4.79. The molecule has 0 radical (unpaired) electrons. The first-order chi connectivity index (χ1) is 14.0. The Bertz CT molecular complexity index is 1060. The van der Waals surface area contributed by atoms with Gasteiger partial charge >= 0.3 is 11.9 Å². The third kappa shape index (κ3) is 4.86. The molecular weight excluding hydrogens is 366 g/mol.